The van der Waals surface area contributed by atoms with E-state index in [1.807, 2.05) is 0 Å². The first-order chi connectivity index (χ1) is 13.4. The van der Waals surface area contributed by atoms with Gasteiger partial charge < -0.3 is 15.5 Å². The summed E-state index contributed by atoms with van der Waals surface area (Å²) in [4.78, 5) is 24.6. The van der Waals surface area contributed by atoms with Crippen LogP contribution in [0.4, 0.5) is 14.6 Å². The summed E-state index contributed by atoms with van der Waals surface area (Å²) < 4.78 is 34.9. The third-order valence-electron chi connectivity index (χ3n) is 4.26. The number of nitrogen functional groups attached to an aromatic ring is 1. The molecule has 0 aliphatic heterocycles. The minimum absolute atomic E-state index is 0.0213. The van der Waals surface area contributed by atoms with Gasteiger partial charge in [0.05, 0.1) is 11.1 Å². The molecule has 1 amide bonds. The Morgan fingerprint density at radius 2 is 1.96 bits per heavy atom. The van der Waals surface area contributed by atoms with Crippen molar-refractivity contribution in [2.75, 3.05) is 12.8 Å². The lowest BCUT2D eigenvalue weighted by Crippen LogP contribution is -2.21. The smallest absolute Gasteiger partial charge is 0.286 e. The lowest BCUT2D eigenvalue weighted by atomic mass is 10.1. The molecule has 3 aromatic heterocycles. The number of hydrogen-bond donors (Lipinski definition) is 3. The summed E-state index contributed by atoms with van der Waals surface area (Å²) in [6, 6.07) is 6.17. The number of benzene rings is 1. The monoisotopic (exact) mass is 385 g/mol. The predicted octanol–water partition coefficient (Wildman–Crippen LogP) is 2.19. The van der Waals surface area contributed by atoms with Crippen LogP contribution >= 0.6 is 0 Å². The van der Waals surface area contributed by atoms with Crippen molar-refractivity contribution < 1.29 is 18.0 Å². The maximum atomic E-state index is 14.3. The maximum absolute atomic E-state index is 14.3. The third-order valence-corrected chi connectivity index (χ3v) is 4.26. The number of carbonyl (C=O) groups is 1. The Hall–Kier alpha value is -3.95. The molecule has 142 valence electrons. The van der Waals surface area contributed by atoms with Crippen LogP contribution in [0.2, 0.25) is 0 Å². The highest BCUT2D eigenvalue weighted by molar-refractivity contribution is 5.98. The Kier molecular flexibility index (Phi) is 3.95. The molecule has 8 nitrogen and oxygen atoms in total. The largest absolute Gasteiger partial charge is 0.451 e. The number of nitrogens with one attached hydrogen (secondary N) is 2. The van der Waals surface area contributed by atoms with E-state index < -0.39 is 28.8 Å². The van der Waals surface area contributed by atoms with Gasteiger partial charge in [0.15, 0.2) is 11.6 Å². The molecule has 0 atom stereocenters. The van der Waals surface area contributed by atoms with Crippen LogP contribution < -0.4 is 16.6 Å². The highest BCUT2D eigenvalue weighted by atomic mass is 19.1. The molecule has 4 aromatic rings. The summed E-state index contributed by atoms with van der Waals surface area (Å²) in [5, 5.41) is 8.80. The molecule has 0 saturated carbocycles. The van der Waals surface area contributed by atoms with Gasteiger partial charge in [-0.15, -0.1) is 0 Å². The van der Waals surface area contributed by atoms with Crippen molar-refractivity contribution in [3.63, 3.8) is 0 Å². The number of amides is 1. The first-order valence-corrected chi connectivity index (χ1v) is 8.08. The number of fused-ring (bicyclic) bond motifs is 1. The van der Waals surface area contributed by atoms with E-state index in [1.165, 1.54) is 31.4 Å². The number of anilines is 1. The highest BCUT2D eigenvalue weighted by Gasteiger charge is 2.22. The lowest BCUT2D eigenvalue weighted by Gasteiger charge is -2.11. The number of nitrogens with zero attached hydrogens (tertiary/aromatic N) is 2. The standard InChI is InChI=1S/C18H13F2N5O3/c1-22-17(26)12-6-5-11(28-12)8-7-25(15-9(19)3-2-4-10(15)20)18(27)13-14(8)23-24-16(13)21/h2-7H,1H3,(H,22,26)(H3,21,23,24). The van der Waals surface area contributed by atoms with Crippen LogP contribution in [0.3, 0.4) is 0 Å². The molecule has 0 spiro atoms. The van der Waals surface area contributed by atoms with Gasteiger partial charge in [-0.3, -0.25) is 19.3 Å². The summed E-state index contributed by atoms with van der Waals surface area (Å²) in [6.07, 6.45) is 1.20. The van der Waals surface area contributed by atoms with Crippen LogP contribution in [0, 0.1) is 11.6 Å². The Bertz CT molecular complexity index is 1270. The first-order valence-electron chi connectivity index (χ1n) is 8.08. The minimum atomic E-state index is -0.931. The molecule has 0 bridgehead atoms. The molecule has 10 heteroatoms. The van der Waals surface area contributed by atoms with Gasteiger partial charge in [-0.05, 0) is 24.3 Å². The van der Waals surface area contributed by atoms with Gasteiger partial charge >= 0.3 is 0 Å². The lowest BCUT2D eigenvalue weighted by molar-refractivity contribution is 0.0936. The summed E-state index contributed by atoms with van der Waals surface area (Å²) in [5.41, 5.74) is 4.93. The zero-order valence-electron chi connectivity index (χ0n) is 14.4. The molecular weight excluding hydrogens is 372 g/mol. The number of pyridine rings is 1. The fraction of sp³-hybridized carbons (Fsp3) is 0.0556. The second kappa shape index (κ2) is 6.34. The average Bonchev–Trinajstić information content (AvgIpc) is 3.30. The average molecular weight is 385 g/mol. The number of hydrogen-bond acceptors (Lipinski definition) is 5. The van der Waals surface area contributed by atoms with Crippen LogP contribution in [0.5, 0.6) is 0 Å². The fourth-order valence-corrected chi connectivity index (χ4v) is 2.94. The Balaban J connectivity index is 2.05. The molecule has 1 aromatic carbocycles. The van der Waals surface area contributed by atoms with Gasteiger partial charge in [-0.1, -0.05) is 6.07 Å². The van der Waals surface area contributed by atoms with Crippen molar-refractivity contribution in [1.82, 2.24) is 20.1 Å². The van der Waals surface area contributed by atoms with Crippen molar-refractivity contribution >= 4 is 22.6 Å². The van der Waals surface area contributed by atoms with Crippen LogP contribution in [-0.2, 0) is 0 Å². The summed E-state index contributed by atoms with van der Waals surface area (Å²) >= 11 is 0. The van der Waals surface area contributed by atoms with Gasteiger partial charge in [-0.2, -0.15) is 5.10 Å². The number of nitrogens with two attached hydrogens (primary N) is 1. The number of rotatable bonds is 3. The van der Waals surface area contributed by atoms with E-state index >= 15 is 0 Å². The Labute approximate surface area is 155 Å². The molecule has 0 radical (unpaired) electrons. The van der Waals surface area contributed by atoms with E-state index in [0.29, 0.717) is 0 Å². The molecule has 0 fully saturated rings. The second-order valence-corrected chi connectivity index (χ2v) is 5.89. The fourth-order valence-electron chi connectivity index (χ4n) is 2.94. The van der Waals surface area contributed by atoms with Crippen molar-refractivity contribution in [2.24, 2.45) is 0 Å². The van der Waals surface area contributed by atoms with Crippen LogP contribution in [0.1, 0.15) is 10.6 Å². The SMILES string of the molecule is CNC(=O)c1ccc(-c2cn(-c3c(F)cccc3F)c(=O)c3c(N)n[nH]c23)o1. The number of aromatic nitrogens is 3. The van der Waals surface area contributed by atoms with Gasteiger partial charge in [0, 0.05) is 13.2 Å². The van der Waals surface area contributed by atoms with Crippen molar-refractivity contribution in [1.29, 1.82) is 0 Å². The van der Waals surface area contributed by atoms with E-state index in [-0.39, 0.29) is 33.8 Å². The molecule has 28 heavy (non-hydrogen) atoms. The Morgan fingerprint density at radius 3 is 2.64 bits per heavy atom. The molecule has 0 unspecified atom stereocenters. The van der Waals surface area contributed by atoms with E-state index in [0.717, 1.165) is 16.7 Å². The Morgan fingerprint density at radius 1 is 1.25 bits per heavy atom. The molecule has 3 heterocycles. The first kappa shape index (κ1) is 17.5. The zero-order valence-corrected chi connectivity index (χ0v) is 14.4. The summed E-state index contributed by atoms with van der Waals surface area (Å²) in [6.45, 7) is 0. The number of carbonyl (C=O) groups excluding carboxylic acids is 1. The quantitative estimate of drug-likeness (QED) is 0.500. The zero-order chi connectivity index (χ0) is 20.0. The maximum Gasteiger partial charge on any atom is 0.286 e. The third kappa shape index (κ3) is 2.54. The molecule has 0 aliphatic rings. The van der Waals surface area contributed by atoms with Gasteiger partial charge in [-0.25, -0.2) is 8.78 Å². The normalized spacial score (nSPS) is 11.1. The van der Waals surface area contributed by atoms with E-state index in [9.17, 15) is 18.4 Å². The number of halogens is 2. The van der Waals surface area contributed by atoms with Crippen molar-refractivity contribution in [3.8, 4) is 17.0 Å². The van der Waals surface area contributed by atoms with Crippen molar-refractivity contribution in [3.05, 3.63) is 64.3 Å². The molecule has 4 rings (SSSR count). The highest BCUT2D eigenvalue weighted by Crippen LogP contribution is 2.30. The molecular formula is C18H13F2N5O3. The predicted molar refractivity (Wildman–Crippen MR) is 97.1 cm³/mol. The van der Waals surface area contributed by atoms with E-state index in [2.05, 4.69) is 15.5 Å². The number of furan rings is 1. The van der Waals surface area contributed by atoms with Gasteiger partial charge in [0.1, 0.15) is 28.5 Å². The van der Waals surface area contributed by atoms with E-state index in [4.69, 9.17) is 10.2 Å². The molecule has 0 aliphatic carbocycles. The number of H-pyrrole nitrogens is 1. The molecule has 0 saturated heterocycles. The number of para-hydroxylation sites is 1. The molecule has 4 N–H and O–H groups in total. The summed E-state index contributed by atoms with van der Waals surface area (Å²) in [5.74, 6) is -2.25. The van der Waals surface area contributed by atoms with Crippen molar-refractivity contribution in [2.45, 2.75) is 0 Å². The second-order valence-electron chi connectivity index (χ2n) is 5.89. The number of aromatic amines is 1. The van der Waals surface area contributed by atoms with Gasteiger partial charge in [0.25, 0.3) is 11.5 Å². The van der Waals surface area contributed by atoms with Crippen LogP contribution in [-0.4, -0.2) is 27.7 Å². The van der Waals surface area contributed by atoms with E-state index in [1.54, 1.807) is 0 Å². The summed E-state index contributed by atoms with van der Waals surface area (Å²) in [7, 11) is 1.44. The van der Waals surface area contributed by atoms with Gasteiger partial charge in [0.2, 0.25) is 0 Å². The van der Waals surface area contributed by atoms with Crippen LogP contribution in [0.15, 0.2) is 45.7 Å². The van der Waals surface area contributed by atoms with Crippen LogP contribution in [0.25, 0.3) is 27.9 Å². The minimum Gasteiger partial charge on any atom is -0.451 e. The topological polar surface area (TPSA) is 119 Å².